The van der Waals surface area contributed by atoms with Crippen molar-refractivity contribution >= 4 is 17.7 Å². The number of nitrogens with one attached hydrogen (secondary N) is 1. The summed E-state index contributed by atoms with van der Waals surface area (Å²) in [4.78, 5) is 11.6. The van der Waals surface area contributed by atoms with Gasteiger partial charge in [-0.3, -0.25) is 4.79 Å². The lowest BCUT2D eigenvalue weighted by Gasteiger charge is -2.08. The van der Waals surface area contributed by atoms with Gasteiger partial charge in [0.1, 0.15) is 5.82 Å². The van der Waals surface area contributed by atoms with Crippen molar-refractivity contribution in [2.24, 2.45) is 0 Å². The summed E-state index contributed by atoms with van der Waals surface area (Å²) in [5.41, 5.74) is 1.18. The molecule has 0 aliphatic rings. The minimum absolute atomic E-state index is 0.0354. The Bertz CT molecular complexity index is 609. The van der Waals surface area contributed by atoms with Crippen molar-refractivity contribution in [3.63, 3.8) is 0 Å². The average Bonchev–Trinajstić information content (AvgIpc) is 2.85. The Balaban J connectivity index is 2.01. The van der Waals surface area contributed by atoms with E-state index in [1.54, 1.807) is 6.08 Å². The van der Waals surface area contributed by atoms with E-state index in [2.05, 4.69) is 34.2 Å². The molecule has 0 spiro atoms. The van der Waals surface area contributed by atoms with Crippen molar-refractivity contribution in [3.8, 4) is 0 Å². The zero-order valence-electron chi connectivity index (χ0n) is 12.0. The van der Waals surface area contributed by atoms with E-state index in [0.717, 1.165) is 11.0 Å². The summed E-state index contributed by atoms with van der Waals surface area (Å²) in [6.45, 7) is 6.67. The van der Waals surface area contributed by atoms with E-state index in [4.69, 9.17) is 0 Å². The van der Waals surface area contributed by atoms with E-state index in [-0.39, 0.29) is 5.91 Å². The Morgan fingerprint density at radius 1 is 1.38 bits per heavy atom. The number of nitrogens with zero attached hydrogens (tertiary/aromatic N) is 3. The fourth-order valence-corrected chi connectivity index (χ4v) is 2.60. The molecular formula is C15H18N4OS. The van der Waals surface area contributed by atoms with Crippen LogP contribution < -0.4 is 5.32 Å². The first-order chi connectivity index (χ1) is 10.2. The maximum absolute atomic E-state index is 11.6. The number of amides is 1. The number of hydrogen-bond acceptors (Lipinski definition) is 4. The zero-order valence-corrected chi connectivity index (χ0v) is 12.8. The summed E-state index contributed by atoms with van der Waals surface area (Å²) in [6.07, 6.45) is 1.66. The molecule has 6 heteroatoms. The molecule has 0 aliphatic carbocycles. The van der Waals surface area contributed by atoms with E-state index in [0.29, 0.717) is 18.8 Å². The average molecular weight is 302 g/mol. The predicted molar refractivity (Wildman–Crippen MR) is 84.2 cm³/mol. The summed E-state index contributed by atoms with van der Waals surface area (Å²) in [7, 11) is 0. The largest absolute Gasteiger partial charge is 0.352 e. The van der Waals surface area contributed by atoms with Gasteiger partial charge in [-0.25, -0.2) is 0 Å². The van der Waals surface area contributed by atoms with E-state index in [9.17, 15) is 4.79 Å². The van der Waals surface area contributed by atoms with Crippen molar-refractivity contribution in [2.75, 3.05) is 12.3 Å². The summed E-state index contributed by atoms with van der Waals surface area (Å²) >= 11 is 1.39. The molecule has 2 rings (SSSR count). The molecule has 0 aliphatic heterocycles. The maximum Gasteiger partial charge on any atom is 0.230 e. The summed E-state index contributed by atoms with van der Waals surface area (Å²) in [5, 5.41) is 11.7. The topological polar surface area (TPSA) is 59.8 Å². The Labute approximate surface area is 128 Å². The first kappa shape index (κ1) is 15.3. The molecule has 0 saturated heterocycles. The standard InChI is InChI=1S/C15H18N4OS/c1-3-9-16-14(20)11-21-15-18-17-12(2)19(15)10-13-7-5-4-6-8-13/h3-8H,1,9-11H2,2H3,(H,16,20). The second kappa shape index (κ2) is 7.64. The number of carbonyl (C=O) groups is 1. The monoisotopic (exact) mass is 302 g/mol. The van der Waals surface area contributed by atoms with Gasteiger partial charge in [-0.05, 0) is 12.5 Å². The van der Waals surface area contributed by atoms with E-state index in [1.807, 2.05) is 29.7 Å². The zero-order chi connectivity index (χ0) is 15.1. The number of carbonyl (C=O) groups excluding carboxylic acids is 1. The first-order valence-electron chi connectivity index (χ1n) is 6.65. The van der Waals surface area contributed by atoms with Crippen LogP contribution in [0.3, 0.4) is 0 Å². The van der Waals surface area contributed by atoms with Crippen molar-refractivity contribution in [2.45, 2.75) is 18.6 Å². The van der Waals surface area contributed by atoms with E-state index in [1.165, 1.54) is 17.3 Å². The molecule has 0 unspecified atom stereocenters. The number of hydrogen-bond donors (Lipinski definition) is 1. The smallest absolute Gasteiger partial charge is 0.230 e. The molecule has 0 saturated carbocycles. The van der Waals surface area contributed by atoms with Crippen LogP contribution in [0.25, 0.3) is 0 Å². The highest BCUT2D eigenvalue weighted by Gasteiger charge is 2.11. The number of rotatable bonds is 7. The molecule has 0 atom stereocenters. The van der Waals surface area contributed by atoms with Crippen LogP contribution in [0.4, 0.5) is 0 Å². The molecule has 110 valence electrons. The third kappa shape index (κ3) is 4.46. The molecule has 1 amide bonds. The molecule has 0 fully saturated rings. The molecule has 1 aromatic carbocycles. The second-order valence-corrected chi connectivity index (χ2v) is 5.43. The van der Waals surface area contributed by atoms with Crippen LogP contribution in [0, 0.1) is 6.92 Å². The number of aromatic nitrogens is 3. The summed E-state index contributed by atoms with van der Waals surface area (Å²) in [6, 6.07) is 10.1. The lowest BCUT2D eigenvalue weighted by molar-refractivity contribution is -0.118. The van der Waals surface area contributed by atoms with Gasteiger partial charge in [-0.2, -0.15) is 0 Å². The third-order valence-electron chi connectivity index (χ3n) is 2.86. The fourth-order valence-electron chi connectivity index (χ4n) is 1.78. The van der Waals surface area contributed by atoms with Crippen LogP contribution in [-0.4, -0.2) is 33.0 Å². The van der Waals surface area contributed by atoms with E-state index < -0.39 is 0 Å². The normalized spacial score (nSPS) is 10.3. The Morgan fingerprint density at radius 3 is 2.86 bits per heavy atom. The van der Waals surface area contributed by atoms with Crippen LogP contribution in [0.5, 0.6) is 0 Å². The Hall–Kier alpha value is -2.08. The number of thioether (sulfide) groups is 1. The summed E-state index contributed by atoms with van der Waals surface area (Å²) < 4.78 is 2.01. The van der Waals surface area contributed by atoms with Gasteiger partial charge in [0.2, 0.25) is 5.91 Å². The molecular weight excluding hydrogens is 284 g/mol. The fraction of sp³-hybridized carbons (Fsp3) is 0.267. The molecule has 0 radical (unpaired) electrons. The van der Waals surface area contributed by atoms with Gasteiger partial charge < -0.3 is 9.88 Å². The SMILES string of the molecule is C=CCNC(=O)CSc1nnc(C)n1Cc1ccccc1. The predicted octanol–water partition coefficient (Wildman–Crippen LogP) is 2.03. The van der Waals surface area contributed by atoms with Crippen LogP contribution in [0.15, 0.2) is 48.1 Å². The van der Waals surface area contributed by atoms with Crippen LogP contribution in [0.1, 0.15) is 11.4 Å². The molecule has 0 bridgehead atoms. The highest BCUT2D eigenvalue weighted by molar-refractivity contribution is 7.99. The molecule has 1 aromatic heterocycles. The first-order valence-corrected chi connectivity index (χ1v) is 7.63. The van der Waals surface area contributed by atoms with Crippen LogP contribution >= 0.6 is 11.8 Å². The van der Waals surface area contributed by atoms with Crippen molar-refractivity contribution < 1.29 is 4.79 Å². The van der Waals surface area contributed by atoms with Gasteiger partial charge >= 0.3 is 0 Å². The van der Waals surface area contributed by atoms with E-state index >= 15 is 0 Å². The van der Waals surface area contributed by atoms with Crippen LogP contribution in [0.2, 0.25) is 0 Å². The summed E-state index contributed by atoms with van der Waals surface area (Å²) in [5.74, 6) is 1.13. The molecule has 1 heterocycles. The maximum atomic E-state index is 11.6. The lowest BCUT2D eigenvalue weighted by atomic mass is 10.2. The molecule has 2 aromatic rings. The number of benzene rings is 1. The molecule has 5 nitrogen and oxygen atoms in total. The van der Waals surface area contributed by atoms with Gasteiger partial charge in [0.15, 0.2) is 5.16 Å². The quantitative estimate of drug-likeness (QED) is 0.628. The highest BCUT2D eigenvalue weighted by Crippen LogP contribution is 2.18. The second-order valence-electron chi connectivity index (χ2n) is 4.48. The van der Waals surface area contributed by atoms with Gasteiger partial charge in [0, 0.05) is 6.54 Å². The molecule has 1 N–H and O–H groups in total. The highest BCUT2D eigenvalue weighted by atomic mass is 32.2. The minimum atomic E-state index is -0.0354. The van der Waals surface area contributed by atoms with Crippen molar-refractivity contribution in [1.82, 2.24) is 20.1 Å². The van der Waals surface area contributed by atoms with Gasteiger partial charge in [0.25, 0.3) is 0 Å². The van der Waals surface area contributed by atoms with Gasteiger partial charge in [-0.1, -0.05) is 48.2 Å². The van der Waals surface area contributed by atoms with Crippen molar-refractivity contribution in [3.05, 3.63) is 54.4 Å². The van der Waals surface area contributed by atoms with Gasteiger partial charge in [-0.15, -0.1) is 16.8 Å². The third-order valence-corrected chi connectivity index (χ3v) is 3.83. The van der Waals surface area contributed by atoms with Gasteiger partial charge in [0.05, 0.1) is 12.3 Å². The Morgan fingerprint density at radius 2 is 2.14 bits per heavy atom. The lowest BCUT2D eigenvalue weighted by Crippen LogP contribution is -2.25. The Kier molecular flexibility index (Phi) is 5.57. The minimum Gasteiger partial charge on any atom is -0.352 e. The van der Waals surface area contributed by atoms with Crippen molar-refractivity contribution in [1.29, 1.82) is 0 Å². The molecule has 21 heavy (non-hydrogen) atoms. The number of aryl methyl sites for hydroxylation is 1. The van der Waals surface area contributed by atoms with Crippen LogP contribution in [-0.2, 0) is 11.3 Å².